The molecule has 40 valence electrons. The zero-order valence-electron chi connectivity index (χ0n) is 2.74. The van der Waals surface area contributed by atoms with Crippen molar-refractivity contribution in [2.24, 2.45) is 5.50 Å². The van der Waals surface area contributed by atoms with E-state index in [0.29, 0.717) is 0 Å². The largest absolute Gasteiger partial charge is 0.397 e. The first-order valence-electron chi connectivity index (χ1n) is 0.841. The van der Waals surface area contributed by atoms with E-state index >= 15 is 0 Å². The quantitative estimate of drug-likeness (QED) is 0.362. The van der Waals surface area contributed by atoms with Gasteiger partial charge in [0.15, 0.2) is 0 Å². The minimum atomic E-state index is -4.14. The molecule has 0 saturated heterocycles. The van der Waals surface area contributed by atoms with Crippen molar-refractivity contribution in [1.82, 2.24) is 0 Å². The Hall–Kier alpha value is 0.0400. The first kappa shape index (κ1) is 9.40. The van der Waals surface area contributed by atoms with Crippen LogP contribution in [0.25, 0.3) is 0 Å². The maximum absolute atomic E-state index is 9.10. The zero-order valence-corrected chi connectivity index (χ0v) is 3.63. The Kier molecular flexibility index (Phi) is 3.53. The molecule has 0 radical (unpaired) electrons. The molecular weight excluding hydrogens is 112 g/mol. The second kappa shape index (κ2) is 2.25. The number of hydrogen-bond acceptors (Lipinski definition) is 1. The predicted octanol–water partition coefficient (Wildman–Crippen LogP) is -0.810. The van der Waals surface area contributed by atoms with Gasteiger partial charge in [0.05, 0.1) is 0 Å². The van der Waals surface area contributed by atoms with E-state index in [1.54, 1.807) is 0 Å². The minimum Gasteiger partial charge on any atom is -0.313 e. The van der Waals surface area contributed by atoms with Crippen LogP contribution in [0.1, 0.15) is 0 Å². The van der Waals surface area contributed by atoms with E-state index in [9.17, 15) is 0 Å². The van der Waals surface area contributed by atoms with Crippen LogP contribution >= 0.6 is 7.75 Å². The maximum atomic E-state index is 9.10. The first-order valence-corrected chi connectivity index (χ1v) is 2.52. The van der Waals surface area contributed by atoms with Crippen LogP contribution in [0.3, 0.4) is 0 Å². The van der Waals surface area contributed by atoms with E-state index in [1.807, 2.05) is 0 Å². The van der Waals surface area contributed by atoms with Gasteiger partial charge in [-0.15, -0.1) is 0 Å². The Labute approximate surface area is 33.6 Å². The van der Waals surface area contributed by atoms with Crippen LogP contribution in [0, 0.1) is 0 Å². The fourth-order valence-electron chi connectivity index (χ4n) is 0. The highest BCUT2D eigenvalue weighted by atomic mass is 31.2. The molecule has 0 rings (SSSR count). The fourth-order valence-corrected chi connectivity index (χ4v) is 0. The van der Waals surface area contributed by atoms with Crippen molar-refractivity contribution in [2.45, 2.75) is 0 Å². The number of halogens is 1. The first-order chi connectivity index (χ1) is 2.00. The third kappa shape index (κ3) is 23300. The number of hydrogen-bond donors (Lipinski definition) is 3. The Bertz CT molecular complexity index is 56.9. The van der Waals surface area contributed by atoms with Gasteiger partial charge in [-0.1, -0.05) is 0 Å². The topological polar surface area (TPSA) is 83.6 Å². The summed E-state index contributed by atoms with van der Waals surface area (Å²) in [5.74, 6) is 0. The molecule has 0 atom stereocenters. The molecule has 0 unspecified atom stereocenters. The lowest BCUT2D eigenvalue weighted by Gasteiger charge is -1.84. The molecule has 0 amide bonds. The molecule has 6 heteroatoms. The molecular formula is H5FNO3P. The smallest absolute Gasteiger partial charge is 0.313 e. The van der Waals surface area contributed by atoms with Gasteiger partial charge in [-0.2, -0.15) is 0 Å². The molecule has 0 bridgehead atoms. The van der Waals surface area contributed by atoms with Crippen molar-refractivity contribution in [3.8, 4) is 0 Å². The highest BCUT2D eigenvalue weighted by Gasteiger charge is 1.96. The van der Waals surface area contributed by atoms with E-state index in [2.05, 4.69) is 5.50 Å². The SMILES string of the molecule is F.NP(=O)(O)O. The van der Waals surface area contributed by atoms with Crippen molar-refractivity contribution in [2.75, 3.05) is 0 Å². The Morgan fingerprint density at radius 3 is 1.50 bits per heavy atom. The Balaban J connectivity index is 0. The van der Waals surface area contributed by atoms with E-state index in [4.69, 9.17) is 14.4 Å². The van der Waals surface area contributed by atoms with Crippen molar-refractivity contribution >= 4 is 7.75 Å². The second-order valence-corrected chi connectivity index (χ2v) is 1.77. The van der Waals surface area contributed by atoms with Crippen molar-refractivity contribution in [1.29, 1.82) is 0 Å². The van der Waals surface area contributed by atoms with Gasteiger partial charge in [0.1, 0.15) is 0 Å². The molecule has 4 N–H and O–H groups in total. The van der Waals surface area contributed by atoms with Crippen LogP contribution in [0.15, 0.2) is 0 Å². The lowest BCUT2D eigenvalue weighted by molar-refractivity contribution is 0.374. The second-order valence-electron chi connectivity index (χ2n) is 0.589. The van der Waals surface area contributed by atoms with Crippen LogP contribution in [0.5, 0.6) is 0 Å². The monoisotopic (exact) mass is 117 g/mol. The third-order valence-electron chi connectivity index (χ3n) is 0. The molecule has 0 aliphatic rings. The average molecular weight is 117 g/mol. The van der Waals surface area contributed by atoms with Crippen LogP contribution in [-0.4, -0.2) is 9.79 Å². The molecule has 0 fully saturated rings. The summed E-state index contributed by atoms with van der Waals surface area (Å²) < 4.78 is 9.10. The zero-order chi connectivity index (χ0) is 4.50. The summed E-state index contributed by atoms with van der Waals surface area (Å²) in [6.07, 6.45) is 0. The average Bonchev–Trinajstić information content (AvgIpc) is 0.722. The number of rotatable bonds is 0. The standard InChI is InChI=1S/FH.H4NO3P/c;1-5(2,3)4/h1H;(H4,1,2,3,4). The van der Waals surface area contributed by atoms with Crippen LogP contribution < -0.4 is 5.50 Å². The maximum Gasteiger partial charge on any atom is 0.397 e. The van der Waals surface area contributed by atoms with Gasteiger partial charge < -0.3 is 9.79 Å². The van der Waals surface area contributed by atoms with Gasteiger partial charge in [0, 0.05) is 0 Å². The lowest BCUT2D eigenvalue weighted by atomic mass is 13.9. The molecule has 0 aromatic rings. The highest BCUT2D eigenvalue weighted by Crippen LogP contribution is 2.20. The van der Waals surface area contributed by atoms with E-state index in [-0.39, 0.29) is 4.70 Å². The third-order valence-corrected chi connectivity index (χ3v) is 0. The normalized spacial score (nSPS) is 9.83. The van der Waals surface area contributed by atoms with Crippen LogP contribution in [-0.2, 0) is 4.57 Å². The minimum absolute atomic E-state index is 0. The summed E-state index contributed by atoms with van der Waals surface area (Å²) in [5, 5.41) is 0. The molecule has 0 aliphatic heterocycles. The van der Waals surface area contributed by atoms with Gasteiger partial charge in [-0.05, 0) is 0 Å². The predicted molar refractivity (Wildman–Crippen MR) is 18.7 cm³/mol. The van der Waals surface area contributed by atoms with E-state index < -0.39 is 7.75 Å². The summed E-state index contributed by atoms with van der Waals surface area (Å²) in [5.41, 5.74) is 4.02. The van der Waals surface area contributed by atoms with Gasteiger partial charge in [-0.3, -0.25) is 4.70 Å². The molecule has 0 heterocycles. The molecule has 0 spiro atoms. The lowest BCUT2D eigenvalue weighted by Crippen LogP contribution is -1.87. The van der Waals surface area contributed by atoms with E-state index in [1.165, 1.54) is 0 Å². The molecule has 6 heavy (non-hydrogen) atoms. The van der Waals surface area contributed by atoms with Gasteiger partial charge in [-0.25, -0.2) is 10.1 Å². The molecule has 4 nitrogen and oxygen atoms in total. The molecule has 0 saturated carbocycles. The van der Waals surface area contributed by atoms with Gasteiger partial charge in [0.25, 0.3) is 0 Å². The summed E-state index contributed by atoms with van der Waals surface area (Å²) in [6.45, 7) is 0. The Morgan fingerprint density at radius 2 is 1.50 bits per heavy atom. The fraction of sp³-hybridized carbons (Fsp3) is 0. The molecule has 0 aromatic carbocycles. The summed E-state index contributed by atoms with van der Waals surface area (Å²) in [6, 6.07) is 0. The Morgan fingerprint density at radius 1 is 1.50 bits per heavy atom. The van der Waals surface area contributed by atoms with Gasteiger partial charge in [0.2, 0.25) is 0 Å². The molecule has 0 aromatic heterocycles. The summed E-state index contributed by atoms with van der Waals surface area (Å²) in [4.78, 5) is 14.8. The summed E-state index contributed by atoms with van der Waals surface area (Å²) >= 11 is 0. The van der Waals surface area contributed by atoms with E-state index in [0.717, 1.165) is 0 Å². The van der Waals surface area contributed by atoms with Crippen molar-refractivity contribution < 1.29 is 19.1 Å². The van der Waals surface area contributed by atoms with Crippen molar-refractivity contribution in [3.05, 3.63) is 0 Å². The van der Waals surface area contributed by atoms with Crippen LogP contribution in [0.4, 0.5) is 4.70 Å². The van der Waals surface area contributed by atoms with Crippen LogP contribution in [0.2, 0.25) is 0 Å². The number of nitrogens with two attached hydrogens (primary N) is 1. The van der Waals surface area contributed by atoms with Crippen molar-refractivity contribution in [3.63, 3.8) is 0 Å². The summed E-state index contributed by atoms with van der Waals surface area (Å²) in [7, 11) is -4.14. The molecule has 0 aliphatic carbocycles. The van der Waals surface area contributed by atoms with Gasteiger partial charge >= 0.3 is 7.75 Å². The highest BCUT2D eigenvalue weighted by molar-refractivity contribution is 7.49.